The largest absolute Gasteiger partial charge is 0.368 e. The molecule has 1 unspecified atom stereocenters. The number of nitrogens with one attached hydrogen (secondary N) is 2. The van der Waals surface area contributed by atoms with Crippen LogP contribution in [0, 0.1) is 6.92 Å². The Morgan fingerprint density at radius 1 is 1.08 bits per heavy atom. The van der Waals surface area contributed by atoms with E-state index in [1.165, 1.54) is 0 Å². The van der Waals surface area contributed by atoms with Gasteiger partial charge in [-0.15, -0.1) is 6.58 Å². The second-order valence-corrected chi connectivity index (χ2v) is 5.88. The van der Waals surface area contributed by atoms with Gasteiger partial charge in [0, 0.05) is 16.9 Å². The topological polar surface area (TPSA) is 67.4 Å². The summed E-state index contributed by atoms with van der Waals surface area (Å²) in [6.45, 7) is 7.62. The molecule has 5 nitrogen and oxygen atoms in total. The second-order valence-electron chi connectivity index (χ2n) is 5.88. The van der Waals surface area contributed by atoms with Crippen LogP contribution in [0.15, 0.2) is 61.2 Å². The van der Waals surface area contributed by atoms with E-state index in [1.807, 2.05) is 25.1 Å². The van der Waals surface area contributed by atoms with Crippen LogP contribution in [-0.2, 0) is 9.53 Å². The van der Waals surface area contributed by atoms with E-state index < -0.39 is 6.10 Å². The summed E-state index contributed by atoms with van der Waals surface area (Å²) in [7, 11) is 0. The maximum absolute atomic E-state index is 12.3. The lowest BCUT2D eigenvalue weighted by molar-refractivity contribution is -0.126. The van der Waals surface area contributed by atoms with Crippen LogP contribution in [0.5, 0.6) is 0 Å². The van der Waals surface area contributed by atoms with Crippen molar-refractivity contribution in [1.29, 1.82) is 0 Å². The first-order valence-electron chi connectivity index (χ1n) is 8.52. The summed E-state index contributed by atoms with van der Waals surface area (Å²) >= 11 is 0. The summed E-state index contributed by atoms with van der Waals surface area (Å²) < 4.78 is 5.46. The third-order valence-corrected chi connectivity index (χ3v) is 3.93. The summed E-state index contributed by atoms with van der Waals surface area (Å²) in [5, 5.41) is 5.73. The average molecular weight is 352 g/mol. The Morgan fingerprint density at radius 2 is 1.73 bits per heavy atom. The number of amides is 2. The van der Waals surface area contributed by atoms with E-state index in [0.717, 1.165) is 5.56 Å². The van der Waals surface area contributed by atoms with Crippen molar-refractivity contribution < 1.29 is 14.3 Å². The van der Waals surface area contributed by atoms with Crippen LogP contribution >= 0.6 is 0 Å². The molecule has 0 aliphatic rings. The zero-order chi connectivity index (χ0) is 18.9. The molecule has 2 N–H and O–H groups in total. The lowest BCUT2D eigenvalue weighted by Gasteiger charge is -2.16. The van der Waals surface area contributed by atoms with Crippen molar-refractivity contribution in [1.82, 2.24) is 0 Å². The van der Waals surface area contributed by atoms with E-state index in [1.54, 1.807) is 43.3 Å². The monoisotopic (exact) mass is 352 g/mol. The van der Waals surface area contributed by atoms with Crippen LogP contribution in [-0.4, -0.2) is 24.5 Å². The van der Waals surface area contributed by atoms with Gasteiger partial charge < -0.3 is 15.4 Å². The highest BCUT2D eigenvalue weighted by molar-refractivity contribution is 6.05. The Bertz CT molecular complexity index is 772. The molecule has 2 amide bonds. The molecule has 0 spiro atoms. The molecule has 2 rings (SSSR count). The molecule has 0 radical (unpaired) electrons. The first kappa shape index (κ1) is 19.4. The number of benzene rings is 2. The molecule has 0 aromatic heterocycles. The molecule has 2 aromatic rings. The number of rotatable bonds is 8. The fraction of sp³-hybridized carbons (Fsp3) is 0.238. The molecule has 0 bridgehead atoms. The van der Waals surface area contributed by atoms with Crippen LogP contribution in [0.4, 0.5) is 11.4 Å². The van der Waals surface area contributed by atoms with Crippen molar-refractivity contribution in [2.75, 3.05) is 17.2 Å². The highest BCUT2D eigenvalue weighted by Crippen LogP contribution is 2.24. The number of hydrogen-bond donors (Lipinski definition) is 2. The van der Waals surface area contributed by atoms with E-state index in [2.05, 4.69) is 17.2 Å². The van der Waals surface area contributed by atoms with Crippen molar-refractivity contribution in [3.63, 3.8) is 0 Å². The minimum absolute atomic E-state index is 0.196. The standard InChI is InChI=1S/C21H24N2O3/c1-4-5-14-26-16(3)20(24)22-18-12-9-13-19(15(18)2)23-21(25)17-10-7-6-8-11-17/h4,6-13,16H,1,5,14H2,2-3H3,(H,22,24)(H,23,25). The molecule has 26 heavy (non-hydrogen) atoms. The molecular weight excluding hydrogens is 328 g/mol. The van der Waals surface area contributed by atoms with E-state index >= 15 is 0 Å². The third-order valence-electron chi connectivity index (χ3n) is 3.93. The molecule has 136 valence electrons. The molecule has 5 heteroatoms. The molecule has 0 saturated heterocycles. The van der Waals surface area contributed by atoms with E-state index in [-0.39, 0.29) is 11.8 Å². The van der Waals surface area contributed by atoms with E-state index in [4.69, 9.17) is 4.74 Å². The van der Waals surface area contributed by atoms with Gasteiger partial charge in [-0.05, 0) is 50.1 Å². The number of carbonyl (C=O) groups is 2. The molecule has 0 heterocycles. The van der Waals surface area contributed by atoms with Gasteiger partial charge in [0.1, 0.15) is 6.10 Å². The maximum Gasteiger partial charge on any atom is 0.255 e. The van der Waals surface area contributed by atoms with Crippen molar-refractivity contribution in [2.24, 2.45) is 0 Å². The Balaban J connectivity index is 2.05. The van der Waals surface area contributed by atoms with Gasteiger partial charge in [-0.2, -0.15) is 0 Å². The van der Waals surface area contributed by atoms with Crippen molar-refractivity contribution in [2.45, 2.75) is 26.4 Å². The van der Waals surface area contributed by atoms with Crippen molar-refractivity contribution in [3.8, 4) is 0 Å². The minimum Gasteiger partial charge on any atom is -0.368 e. The Kier molecular flexibility index (Phi) is 7.12. The Morgan fingerprint density at radius 3 is 2.38 bits per heavy atom. The minimum atomic E-state index is -0.572. The van der Waals surface area contributed by atoms with Gasteiger partial charge in [-0.3, -0.25) is 9.59 Å². The van der Waals surface area contributed by atoms with Gasteiger partial charge in [0.2, 0.25) is 0 Å². The van der Waals surface area contributed by atoms with E-state index in [9.17, 15) is 9.59 Å². The molecule has 1 atom stereocenters. The fourth-order valence-electron chi connectivity index (χ4n) is 2.33. The van der Waals surface area contributed by atoms with Gasteiger partial charge in [-0.25, -0.2) is 0 Å². The molecular formula is C21H24N2O3. The predicted octanol–water partition coefficient (Wildman–Crippen LogP) is 4.17. The number of ether oxygens (including phenoxy) is 1. The van der Waals surface area contributed by atoms with Gasteiger partial charge in [0.25, 0.3) is 11.8 Å². The SMILES string of the molecule is C=CCCOC(C)C(=O)Nc1cccc(NC(=O)c2ccccc2)c1C. The smallest absolute Gasteiger partial charge is 0.255 e. The first-order chi connectivity index (χ1) is 12.5. The fourth-order valence-corrected chi connectivity index (χ4v) is 2.33. The number of carbonyl (C=O) groups excluding carboxylic acids is 2. The normalized spacial score (nSPS) is 11.5. The molecule has 0 saturated carbocycles. The third kappa shape index (κ3) is 5.29. The summed E-state index contributed by atoms with van der Waals surface area (Å²) in [4.78, 5) is 24.6. The predicted molar refractivity (Wildman–Crippen MR) is 104 cm³/mol. The van der Waals surface area contributed by atoms with E-state index in [0.29, 0.717) is 30.0 Å². The highest BCUT2D eigenvalue weighted by atomic mass is 16.5. The van der Waals surface area contributed by atoms with Crippen LogP contribution in [0.2, 0.25) is 0 Å². The lowest BCUT2D eigenvalue weighted by atomic mass is 10.1. The van der Waals surface area contributed by atoms with Crippen molar-refractivity contribution >= 4 is 23.2 Å². The molecule has 0 aliphatic heterocycles. The van der Waals surface area contributed by atoms with Gasteiger partial charge in [-0.1, -0.05) is 30.3 Å². The summed E-state index contributed by atoms with van der Waals surface area (Å²) in [5.74, 6) is -0.429. The number of hydrogen-bond acceptors (Lipinski definition) is 3. The lowest BCUT2D eigenvalue weighted by Crippen LogP contribution is -2.28. The molecule has 2 aromatic carbocycles. The quantitative estimate of drug-likeness (QED) is 0.553. The Labute approximate surface area is 154 Å². The van der Waals surface area contributed by atoms with Crippen LogP contribution in [0.1, 0.15) is 29.3 Å². The Hall–Kier alpha value is -2.92. The van der Waals surface area contributed by atoms with Crippen LogP contribution in [0.3, 0.4) is 0 Å². The van der Waals surface area contributed by atoms with Gasteiger partial charge in [0.05, 0.1) is 6.61 Å². The second kappa shape index (κ2) is 9.53. The summed E-state index contributed by atoms with van der Waals surface area (Å²) in [6, 6.07) is 14.4. The van der Waals surface area contributed by atoms with Crippen LogP contribution < -0.4 is 10.6 Å². The van der Waals surface area contributed by atoms with Crippen molar-refractivity contribution in [3.05, 3.63) is 72.3 Å². The zero-order valence-corrected chi connectivity index (χ0v) is 15.1. The maximum atomic E-state index is 12.3. The van der Waals surface area contributed by atoms with Gasteiger partial charge in [0.15, 0.2) is 0 Å². The van der Waals surface area contributed by atoms with Crippen LogP contribution in [0.25, 0.3) is 0 Å². The average Bonchev–Trinajstić information content (AvgIpc) is 2.65. The highest BCUT2D eigenvalue weighted by Gasteiger charge is 2.15. The summed E-state index contributed by atoms with van der Waals surface area (Å²) in [5.41, 5.74) is 2.64. The molecule has 0 fully saturated rings. The number of anilines is 2. The zero-order valence-electron chi connectivity index (χ0n) is 15.1. The van der Waals surface area contributed by atoms with Gasteiger partial charge >= 0.3 is 0 Å². The molecule has 0 aliphatic carbocycles. The summed E-state index contributed by atoms with van der Waals surface area (Å²) in [6.07, 6.45) is 1.86. The first-order valence-corrected chi connectivity index (χ1v) is 8.52.